The minimum atomic E-state index is -0.457. The van der Waals surface area contributed by atoms with Gasteiger partial charge in [-0.1, -0.05) is 78.9 Å². The lowest BCUT2D eigenvalue weighted by Crippen LogP contribution is -2.28. The second-order valence-corrected chi connectivity index (χ2v) is 12.3. The maximum Gasteiger partial charge on any atom is 0.267 e. The summed E-state index contributed by atoms with van der Waals surface area (Å²) in [7, 11) is 0. The van der Waals surface area contributed by atoms with Crippen LogP contribution >= 0.6 is 11.3 Å². The maximum atomic E-state index is 14.4. The van der Waals surface area contributed by atoms with Gasteiger partial charge in [-0.2, -0.15) is 0 Å². The highest BCUT2D eigenvalue weighted by molar-refractivity contribution is 7.25. The number of thiophene rings is 1. The molecule has 9 heteroatoms. The number of rotatable bonds is 4. The topological polar surface area (TPSA) is 104 Å². The minimum absolute atomic E-state index is 0.340. The molecule has 9 rings (SSSR count). The molecular formula is C39H22N6O2S. The first-order chi connectivity index (χ1) is 23.6. The number of nitrogens with zero attached hydrogens (tertiary/aromatic N) is 6. The smallest absolute Gasteiger partial charge is 0.267 e. The van der Waals surface area contributed by atoms with E-state index < -0.39 is 11.1 Å². The zero-order valence-corrected chi connectivity index (χ0v) is 25.9. The van der Waals surface area contributed by atoms with E-state index in [2.05, 4.69) is 4.98 Å². The molecule has 0 saturated carbocycles. The lowest BCUT2D eigenvalue weighted by Gasteiger charge is -2.09. The van der Waals surface area contributed by atoms with Crippen LogP contribution in [0.2, 0.25) is 0 Å². The van der Waals surface area contributed by atoms with Crippen molar-refractivity contribution in [2.75, 3.05) is 0 Å². The average molecular weight is 639 g/mol. The van der Waals surface area contributed by atoms with E-state index in [1.165, 1.54) is 4.57 Å². The normalized spacial score (nSPS) is 11.5. The van der Waals surface area contributed by atoms with Gasteiger partial charge in [0, 0.05) is 49.9 Å². The Balaban J connectivity index is 1.25. The van der Waals surface area contributed by atoms with Crippen LogP contribution in [0.1, 0.15) is 0 Å². The molecule has 0 radical (unpaired) electrons. The van der Waals surface area contributed by atoms with Crippen molar-refractivity contribution in [3.63, 3.8) is 0 Å². The van der Waals surface area contributed by atoms with Crippen LogP contribution in [0.4, 0.5) is 0 Å². The first kappa shape index (κ1) is 27.8. The first-order valence-electron chi connectivity index (χ1n) is 15.3. The fourth-order valence-corrected chi connectivity index (χ4v) is 7.11. The van der Waals surface area contributed by atoms with Gasteiger partial charge in [0.25, 0.3) is 11.1 Å². The van der Waals surface area contributed by atoms with Crippen molar-refractivity contribution < 1.29 is 0 Å². The van der Waals surface area contributed by atoms with Gasteiger partial charge in [0.15, 0.2) is 17.5 Å². The number of aromatic nitrogens is 6. The molecular weight excluding hydrogens is 617 g/mol. The van der Waals surface area contributed by atoms with Crippen LogP contribution in [0.15, 0.2) is 143 Å². The zero-order valence-electron chi connectivity index (χ0n) is 25.1. The van der Waals surface area contributed by atoms with Gasteiger partial charge in [-0.25, -0.2) is 24.5 Å². The monoisotopic (exact) mass is 638 g/mol. The number of pyridine rings is 2. The lowest BCUT2D eigenvalue weighted by atomic mass is 10.1. The van der Waals surface area contributed by atoms with Crippen molar-refractivity contribution >= 4 is 53.3 Å². The molecule has 0 unspecified atom stereocenters. The molecule has 5 heterocycles. The van der Waals surface area contributed by atoms with Crippen LogP contribution in [0.25, 0.3) is 81.8 Å². The zero-order chi connectivity index (χ0) is 32.2. The van der Waals surface area contributed by atoms with Gasteiger partial charge in [-0.3, -0.25) is 14.6 Å². The number of benzene rings is 4. The van der Waals surface area contributed by atoms with E-state index in [1.807, 2.05) is 103 Å². The van der Waals surface area contributed by atoms with Crippen molar-refractivity contribution in [1.29, 1.82) is 0 Å². The molecule has 0 spiro atoms. The molecule has 9 aromatic rings. The maximum absolute atomic E-state index is 14.4. The molecule has 8 nitrogen and oxygen atoms in total. The summed E-state index contributed by atoms with van der Waals surface area (Å²) in [6.45, 7) is 0. The van der Waals surface area contributed by atoms with Crippen LogP contribution in [0.5, 0.6) is 0 Å². The van der Waals surface area contributed by atoms with Crippen LogP contribution < -0.4 is 11.1 Å². The van der Waals surface area contributed by atoms with Gasteiger partial charge in [-0.15, -0.1) is 11.3 Å². The van der Waals surface area contributed by atoms with Gasteiger partial charge < -0.3 is 0 Å². The Labute approximate surface area is 276 Å². The van der Waals surface area contributed by atoms with Crippen molar-refractivity contribution in [3.05, 3.63) is 154 Å². The Morgan fingerprint density at radius 2 is 1.08 bits per heavy atom. The van der Waals surface area contributed by atoms with Gasteiger partial charge in [0.1, 0.15) is 4.83 Å². The predicted octanol–water partition coefficient (Wildman–Crippen LogP) is 7.85. The number of hydrogen-bond donors (Lipinski definition) is 0. The van der Waals surface area contributed by atoms with Crippen LogP contribution in [-0.4, -0.2) is 29.5 Å². The number of hydrogen-bond acceptors (Lipinski definition) is 8. The molecule has 226 valence electrons. The SMILES string of the molecule is O=c1c2ccncc2c2nc3sc4ccccc4c3cc2c(=O)n1-c1ccc(-c2nc(-c3ccccc3)nc(-c3ccccc3)n2)cc1. The largest absolute Gasteiger partial charge is 0.268 e. The molecule has 0 N–H and O–H groups in total. The summed E-state index contributed by atoms with van der Waals surface area (Å²) in [6.07, 6.45) is 3.16. The van der Waals surface area contributed by atoms with Crippen LogP contribution in [0.3, 0.4) is 0 Å². The molecule has 0 aliphatic heterocycles. The Kier molecular flexibility index (Phi) is 6.44. The van der Waals surface area contributed by atoms with E-state index in [-0.39, 0.29) is 0 Å². The molecule has 0 aliphatic carbocycles. The van der Waals surface area contributed by atoms with E-state index in [0.29, 0.717) is 50.4 Å². The van der Waals surface area contributed by atoms with Crippen molar-refractivity contribution in [2.24, 2.45) is 0 Å². The van der Waals surface area contributed by atoms with Crippen molar-refractivity contribution in [3.8, 4) is 39.9 Å². The lowest BCUT2D eigenvalue weighted by molar-refractivity contribution is 0.975. The summed E-state index contributed by atoms with van der Waals surface area (Å²) in [5.41, 5.74) is 2.40. The van der Waals surface area contributed by atoms with Crippen LogP contribution in [-0.2, 0) is 0 Å². The number of fused-ring (bicyclic) bond motifs is 6. The van der Waals surface area contributed by atoms with Crippen molar-refractivity contribution in [2.45, 2.75) is 0 Å². The standard InChI is InChI=1S/C39H22N6O2S/c46-38-28-19-20-40-22-31(28)33-30(21-29-27-13-7-8-14-32(27)48-37(29)41-33)39(47)45(38)26-17-15-25(16-18-26)36-43-34(23-9-3-1-4-10-23)42-35(44-36)24-11-5-2-6-12-24/h1-22H. The highest BCUT2D eigenvalue weighted by Gasteiger charge is 2.18. The summed E-state index contributed by atoms with van der Waals surface area (Å²) in [6, 6.07) is 38.2. The highest BCUT2D eigenvalue weighted by Crippen LogP contribution is 2.35. The second-order valence-electron chi connectivity index (χ2n) is 11.3. The first-order valence-corrected chi connectivity index (χ1v) is 16.1. The molecule has 48 heavy (non-hydrogen) atoms. The summed E-state index contributed by atoms with van der Waals surface area (Å²) in [5, 5.41) is 3.10. The van der Waals surface area contributed by atoms with Crippen LogP contribution in [0, 0.1) is 0 Å². The van der Waals surface area contributed by atoms with Gasteiger partial charge in [-0.05, 0) is 42.5 Å². The molecule has 0 bridgehead atoms. The van der Waals surface area contributed by atoms with Gasteiger partial charge in [0.2, 0.25) is 0 Å². The van der Waals surface area contributed by atoms with E-state index in [1.54, 1.807) is 41.9 Å². The third-order valence-electron chi connectivity index (χ3n) is 8.40. The summed E-state index contributed by atoms with van der Waals surface area (Å²) in [4.78, 5) is 52.9. The fourth-order valence-electron chi connectivity index (χ4n) is 6.05. The molecule has 0 fully saturated rings. The Morgan fingerprint density at radius 1 is 0.500 bits per heavy atom. The molecule has 0 aliphatic rings. The Bertz CT molecular complexity index is 2760. The molecule has 0 atom stereocenters. The quantitative estimate of drug-likeness (QED) is 0.193. The molecule has 0 saturated heterocycles. The third kappa shape index (κ3) is 4.56. The van der Waals surface area contributed by atoms with Gasteiger partial charge >= 0.3 is 0 Å². The third-order valence-corrected chi connectivity index (χ3v) is 9.48. The predicted molar refractivity (Wildman–Crippen MR) is 191 cm³/mol. The molecule has 0 amide bonds. The highest BCUT2D eigenvalue weighted by atomic mass is 32.1. The van der Waals surface area contributed by atoms with E-state index >= 15 is 0 Å². The summed E-state index contributed by atoms with van der Waals surface area (Å²) >= 11 is 1.56. The average Bonchev–Trinajstić information content (AvgIpc) is 3.49. The molecule has 5 aromatic heterocycles. The second kappa shape index (κ2) is 11.1. The minimum Gasteiger partial charge on any atom is -0.268 e. The Hall–Kier alpha value is -6.45. The summed E-state index contributed by atoms with van der Waals surface area (Å²) < 4.78 is 2.29. The van der Waals surface area contributed by atoms with Gasteiger partial charge in [0.05, 0.1) is 22.0 Å². The fraction of sp³-hybridized carbons (Fsp3) is 0. The van der Waals surface area contributed by atoms with E-state index in [0.717, 1.165) is 31.4 Å². The van der Waals surface area contributed by atoms with E-state index in [4.69, 9.17) is 19.9 Å². The summed E-state index contributed by atoms with van der Waals surface area (Å²) in [5.74, 6) is 1.56. The van der Waals surface area contributed by atoms with E-state index in [9.17, 15) is 9.59 Å². The Morgan fingerprint density at radius 3 is 1.75 bits per heavy atom. The van der Waals surface area contributed by atoms with Crippen molar-refractivity contribution in [1.82, 2.24) is 29.5 Å². The molecule has 4 aromatic carbocycles.